The summed E-state index contributed by atoms with van der Waals surface area (Å²) in [6, 6.07) is 11.9. The summed E-state index contributed by atoms with van der Waals surface area (Å²) in [7, 11) is 0. The number of nitrogens with one attached hydrogen (secondary N) is 1. The Balaban J connectivity index is 1.72. The van der Waals surface area contributed by atoms with Crippen molar-refractivity contribution in [2.75, 3.05) is 18.4 Å². The molecule has 1 N–H and O–H groups in total. The molecule has 0 radical (unpaired) electrons. The molecule has 1 aliphatic heterocycles. The van der Waals surface area contributed by atoms with Gasteiger partial charge in [0, 0.05) is 36.7 Å². The normalized spacial score (nSPS) is 15.6. The molecule has 0 aliphatic carbocycles. The molecule has 1 saturated heterocycles. The van der Waals surface area contributed by atoms with Crippen LogP contribution in [0.15, 0.2) is 48.8 Å². The van der Waals surface area contributed by atoms with Gasteiger partial charge in [0.15, 0.2) is 0 Å². The second kappa shape index (κ2) is 6.60. The van der Waals surface area contributed by atoms with E-state index in [9.17, 15) is 4.79 Å². The highest BCUT2D eigenvalue weighted by atomic mass is 16.2. The molecular weight excluding hydrogens is 274 g/mol. The predicted octanol–water partition coefficient (Wildman–Crippen LogP) is 3.49. The van der Waals surface area contributed by atoms with Crippen molar-refractivity contribution in [3.05, 3.63) is 59.9 Å². The molecule has 1 aromatic carbocycles. The van der Waals surface area contributed by atoms with Crippen molar-refractivity contribution in [1.29, 1.82) is 0 Å². The van der Waals surface area contributed by atoms with Crippen LogP contribution in [0.4, 0.5) is 5.69 Å². The highest BCUT2D eigenvalue weighted by molar-refractivity contribution is 5.95. The molecule has 1 unspecified atom stereocenters. The van der Waals surface area contributed by atoms with Gasteiger partial charge in [0.2, 0.25) is 0 Å². The summed E-state index contributed by atoms with van der Waals surface area (Å²) in [6.45, 7) is 3.84. The number of carbonyl (C=O) groups excluding carboxylic acids is 1. The maximum absolute atomic E-state index is 12.4. The molecule has 1 aliphatic rings. The molecule has 0 saturated carbocycles. The van der Waals surface area contributed by atoms with Crippen molar-refractivity contribution < 1.29 is 4.79 Å². The van der Waals surface area contributed by atoms with Gasteiger partial charge in [-0.1, -0.05) is 12.1 Å². The molecule has 3 rings (SSSR count). The Morgan fingerprint density at radius 1 is 1.23 bits per heavy atom. The third-order valence-corrected chi connectivity index (χ3v) is 4.07. The first-order chi connectivity index (χ1) is 10.7. The highest BCUT2D eigenvalue weighted by Crippen LogP contribution is 2.21. The molecule has 1 atom stereocenters. The van der Waals surface area contributed by atoms with Gasteiger partial charge >= 0.3 is 0 Å². The number of hydrogen-bond acceptors (Lipinski definition) is 3. The second-order valence-corrected chi connectivity index (χ2v) is 5.73. The molecular formula is C18H21N3O. The van der Waals surface area contributed by atoms with Crippen LogP contribution in [0, 0.1) is 0 Å². The average molecular weight is 295 g/mol. The fourth-order valence-electron chi connectivity index (χ4n) is 2.81. The van der Waals surface area contributed by atoms with Crippen molar-refractivity contribution in [2.24, 2.45) is 0 Å². The minimum absolute atomic E-state index is 0.134. The lowest BCUT2D eigenvalue weighted by Gasteiger charge is -2.18. The Bertz CT molecular complexity index is 636. The van der Waals surface area contributed by atoms with Crippen LogP contribution in [0.1, 0.15) is 41.7 Å². The molecule has 4 heteroatoms. The topological polar surface area (TPSA) is 45.2 Å². The number of likely N-dealkylation sites (tertiary alicyclic amines) is 1. The molecule has 0 spiro atoms. The average Bonchev–Trinajstić information content (AvgIpc) is 3.09. The van der Waals surface area contributed by atoms with E-state index < -0.39 is 0 Å². The number of anilines is 1. The van der Waals surface area contributed by atoms with Crippen LogP contribution < -0.4 is 5.32 Å². The molecule has 1 fully saturated rings. The summed E-state index contributed by atoms with van der Waals surface area (Å²) in [6.07, 6.45) is 5.85. The van der Waals surface area contributed by atoms with Crippen LogP contribution in [0.5, 0.6) is 0 Å². The van der Waals surface area contributed by atoms with E-state index in [1.54, 1.807) is 6.20 Å². The van der Waals surface area contributed by atoms with Crippen molar-refractivity contribution in [3.8, 4) is 0 Å². The SMILES string of the molecule is CC(Nc1cccc(C(=O)N2CCCC2)c1)c1cccnc1. The quantitative estimate of drug-likeness (QED) is 0.939. The van der Waals surface area contributed by atoms with Gasteiger partial charge in [-0.3, -0.25) is 9.78 Å². The first kappa shape index (κ1) is 14.6. The van der Waals surface area contributed by atoms with E-state index in [1.807, 2.05) is 47.5 Å². The van der Waals surface area contributed by atoms with Crippen molar-refractivity contribution in [2.45, 2.75) is 25.8 Å². The lowest BCUT2D eigenvalue weighted by Crippen LogP contribution is -2.27. The van der Waals surface area contributed by atoms with Gasteiger partial charge in [-0.15, -0.1) is 0 Å². The summed E-state index contributed by atoms with van der Waals surface area (Å²) in [5.74, 6) is 0.134. The summed E-state index contributed by atoms with van der Waals surface area (Å²) in [5, 5.41) is 3.43. The standard InChI is InChI=1S/C18H21N3O/c1-14(16-7-5-9-19-13-16)20-17-8-4-6-15(12-17)18(22)21-10-2-3-11-21/h4-9,12-14,20H,2-3,10-11H2,1H3. The Morgan fingerprint density at radius 3 is 2.77 bits per heavy atom. The van der Waals surface area contributed by atoms with E-state index in [1.165, 1.54) is 0 Å². The van der Waals surface area contributed by atoms with Crippen molar-refractivity contribution in [1.82, 2.24) is 9.88 Å². The van der Waals surface area contributed by atoms with Crippen LogP contribution in [-0.2, 0) is 0 Å². The molecule has 1 amide bonds. The number of nitrogens with zero attached hydrogens (tertiary/aromatic N) is 2. The Labute approximate surface area is 131 Å². The monoisotopic (exact) mass is 295 g/mol. The number of aromatic nitrogens is 1. The third kappa shape index (κ3) is 3.27. The lowest BCUT2D eigenvalue weighted by molar-refractivity contribution is 0.0793. The number of rotatable bonds is 4. The molecule has 0 bridgehead atoms. The first-order valence-electron chi connectivity index (χ1n) is 7.80. The Hall–Kier alpha value is -2.36. The summed E-state index contributed by atoms with van der Waals surface area (Å²) < 4.78 is 0. The van der Waals surface area contributed by atoms with E-state index in [-0.39, 0.29) is 11.9 Å². The van der Waals surface area contributed by atoms with Crippen LogP contribution in [0.3, 0.4) is 0 Å². The molecule has 1 aromatic heterocycles. The fourth-order valence-corrected chi connectivity index (χ4v) is 2.81. The van der Waals surface area contributed by atoms with Gasteiger partial charge in [-0.25, -0.2) is 0 Å². The van der Waals surface area contributed by atoms with E-state index >= 15 is 0 Å². The molecule has 2 aromatic rings. The van der Waals surface area contributed by atoms with E-state index in [0.29, 0.717) is 0 Å². The molecule has 2 heterocycles. The number of hydrogen-bond donors (Lipinski definition) is 1. The number of pyridine rings is 1. The van der Waals surface area contributed by atoms with Crippen LogP contribution in [-0.4, -0.2) is 28.9 Å². The Morgan fingerprint density at radius 2 is 2.05 bits per heavy atom. The van der Waals surface area contributed by atoms with Crippen LogP contribution in [0.2, 0.25) is 0 Å². The van der Waals surface area contributed by atoms with Gasteiger partial charge in [-0.2, -0.15) is 0 Å². The van der Waals surface area contributed by atoms with Crippen molar-refractivity contribution >= 4 is 11.6 Å². The van der Waals surface area contributed by atoms with Crippen molar-refractivity contribution in [3.63, 3.8) is 0 Å². The van der Waals surface area contributed by atoms with Gasteiger partial charge in [0.05, 0.1) is 6.04 Å². The summed E-state index contributed by atoms with van der Waals surface area (Å²) >= 11 is 0. The van der Waals surface area contributed by atoms with E-state index in [4.69, 9.17) is 0 Å². The van der Waals surface area contributed by atoms with Gasteiger partial charge in [-0.05, 0) is 49.6 Å². The maximum atomic E-state index is 12.4. The zero-order chi connectivity index (χ0) is 15.4. The van der Waals surface area contributed by atoms with Crippen LogP contribution >= 0.6 is 0 Å². The highest BCUT2D eigenvalue weighted by Gasteiger charge is 2.19. The fraction of sp³-hybridized carbons (Fsp3) is 0.333. The maximum Gasteiger partial charge on any atom is 0.253 e. The first-order valence-corrected chi connectivity index (χ1v) is 7.80. The smallest absolute Gasteiger partial charge is 0.253 e. The zero-order valence-electron chi connectivity index (χ0n) is 12.8. The lowest BCUT2D eigenvalue weighted by atomic mass is 10.1. The summed E-state index contributed by atoms with van der Waals surface area (Å²) in [5.41, 5.74) is 2.84. The second-order valence-electron chi connectivity index (χ2n) is 5.73. The zero-order valence-corrected chi connectivity index (χ0v) is 12.8. The largest absolute Gasteiger partial charge is 0.378 e. The third-order valence-electron chi connectivity index (χ3n) is 4.07. The minimum atomic E-state index is 0.134. The Kier molecular flexibility index (Phi) is 4.37. The van der Waals surface area contributed by atoms with Crippen LogP contribution in [0.25, 0.3) is 0 Å². The van der Waals surface area contributed by atoms with Gasteiger partial charge < -0.3 is 10.2 Å². The molecule has 22 heavy (non-hydrogen) atoms. The van der Waals surface area contributed by atoms with E-state index in [0.717, 1.165) is 42.7 Å². The molecule has 114 valence electrons. The van der Waals surface area contributed by atoms with Gasteiger partial charge in [0.25, 0.3) is 5.91 Å². The van der Waals surface area contributed by atoms with Gasteiger partial charge in [0.1, 0.15) is 0 Å². The number of carbonyl (C=O) groups is 1. The predicted molar refractivity (Wildman–Crippen MR) is 87.9 cm³/mol. The van der Waals surface area contributed by atoms with E-state index in [2.05, 4.69) is 17.2 Å². The molecule has 4 nitrogen and oxygen atoms in total. The number of benzene rings is 1. The summed E-state index contributed by atoms with van der Waals surface area (Å²) in [4.78, 5) is 18.5. The minimum Gasteiger partial charge on any atom is -0.378 e. The number of amides is 1.